The van der Waals surface area contributed by atoms with Crippen molar-refractivity contribution in [1.29, 1.82) is 0 Å². The molecule has 1 nitrogen and oxygen atoms in total. The molecule has 1 heteroatoms. The zero-order valence-corrected chi connectivity index (χ0v) is 7.63. The molecule has 0 N–H and O–H groups in total. The van der Waals surface area contributed by atoms with E-state index in [-0.39, 0.29) is 0 Å². The minimum Gasteiger partial charge on any atom is -0.497 e. The van der Waals surface area contributed by atoms with E-state index in [4.69, 9.17) is 4.74 Å². The van der Waals surface area contributed by atoms with Crippen molar-refractivity contribution in [2.45, 2.75) is 13.3 Å². The van der Waals surface area contributed by atoms with Crippen LogP contribution in [0.15, 0.2) is 36.4 Å². The van der Waals surface area contributed by atoms with Gasteiger partial charge in [0.15, 0.2) is 0 Å². The van der Waals surface area contributed by atoms with E-state index in [1.807, 2.05) is 25.1 Å². The monoisotopic (exact) mass is 162 g/mol. The van der Waals surface area contributed by atoms with Crippen LogP contribution >= 0.6 is 0 Å². The molecule has 0 saturated heterocycles. The highest BCUT2D eigenvalue weighted by molar-refractivity contribution is 5.30. The van der Waals surface area contributed by atoms with Gasteiger partial charge >= 0.3 is 0 Å². The summed E-state index contributed by atoms with van der Waals surface area (Å²) in [5, 5.41) is 0. The molecule has 1 aromatic rings. The van der Waals surface area contributed by atoms with Crippen molar-refractivity contribution in [2.75, 3.05) is 7.11 Å². The van der Waals surface area contributed by atoms with Crippen LogP contribution in [0.25, 0.3) is 0 Å². The Labute approximate surface area is 73.7 Å². The van der Waals surface area contributed by atoms with Crippen molar-refractivity contribution in [3.8, 4) is 5.75 Å². The van der Waals surface area contributed by atoms with Crippen molar-refractivity contribution in [2.24, 2.45) is 0 Å². The van der Waals surface area contributed by atoms with E-state index in [2.05, 4.69) is 12.6 Å². The topological polar surface area (TPSA) is 9.23 Å². The Hall–Kier alpha value is -1.24. The maximum Gasteiger partial charge on any atom is 0.119 e. The van der Waals surface area contributed by atoms with Crippen molar-refractivity contribution >= 4 is 0 Å². The molecule has 0 spiro atoms. The molecule has 0 fully saturated rings. The van der Waals surface area contributed by atoms with Gasteiger partial charge in [-0.2, -0.15) is 0 Å². The van der Waals surface area contributed by atoms with Crippen LogP contribution < -0.4 is 4.74 Å². The Balaban J connectivity index is 2.79. The van der Waals surface area contributed by atoms with Crippen LogP contribution in [0.2, 0.25) is 0 Å². The summed E-state index contributed by atoms with van der Waals surface area (Å²) in [4.78, 5) is 0. The number of allylic oxidation sites excluding steroid dienone is 1. The Morgan fingerprint density at radius 1 is 1.50 bits per heavy atom. The van der Waals surface area contributed by atoms with Crippen LogP contribution in [-0.4, -0.2) is 7.11 Å². The van der Waals surface area contributed by atoms with Crippen LogP contribution in [0.4, 0.5) is 0 Å². The molecule has 64 valence electrons. The molecular weight excluding hydrogens is 148 g/mol. The minimum atomic E-state index is 0.911. The van der Waals surface area contributed by atoms with Gasteiger partial charge in [0.25, 0.3) is 0 Å². The van der Waals surface area contributed by atoms with Gasteiger partial charge in [-0.3, -0.25) is 0 Å². The van der Waals surface area contributed by atoms with E-state index in [1.54, 1.807) is 7.11 Å². The molecule has 12 heavy (non-hydrogen) atoms. The largest absolute Gasteiger partial charge is 0.497 e. The first-order valence-electron chi connectivity index (χ1n) is 3.99. The molecule has 0 aromatic heterocycles. The second-order valence-electron chi connectivity index (χ2n) is 2.99. The highest BCUT2D eigenvalue weighted by Crippen LogP contribution is 2.14. The summed E-state index contributed by atoms with van der Waals surface area (Å²) in [6.45, 7) is 5.89. The Morgan fingerprint density at radius 3 is 2.83 bits per heavy atom. The summed E-state index contributed by atoms with van der Waals surface area (Å²) >= 11 is 0. The van der Waals surface area contributed by atoms with Gasteiger partial charge in [-0.25, -0.2) is 0 Å². The summed E-state index contributed by atoms with van der Waals surface area (Å²) in [5.74, 6) is 0.911. The van der Waals surface area contributed by atoms with Crippen LogP contribution in [-0.2, 0) is 6.42 Å². The van der Waals surface area contributed by atoms with E-state index in [9.17, 15) is 0 Å². The number of hydrogen-bond donors (Lipinski definition) is 0. The number of methoxy groups -OCH3 is 1. The zero-order chi connectivity index (χ0) is 8.97. The molecule has 0 radical (unpaired) electrons. The fourth-order valence-corrected chi connectivity index (χ4v) is 1.13. The number of hydrogen-bond acceptors (Lipinski definition) is 1. The standard InChI is InChI=1S/C11H14O/c1-9(2)7-10-5-4-6-11(8-10)12-3/h4-6,8H,1,7H2,2-3H3. The van der Waals surface area contributed by atoms with Crippen LogP contribution in [0.5, 0.6) is 5.75 Å². The molecule has 1 aromatic carbocycles. The van der Waals surface area contributed by atoms with Crippen molar-refractivity contribution in [3.63, 3.8) is 0 Å². The lowest BCUT2D eigenvalue weighted by Crippen LogP contribution is -1.87. The maximum absolute atomic E-state index is 5.11. The molecule has 0 saturated carbocycles. The average Bonchev–Trinajstić information content (AvgIpc) is 2.03. The molecule has 0 aliphatic heterocycles. The first-order chi connectivity index (χ1) is 5.72. The molecule has 0 unspecified atom stereocenters. The smallest absolute Gasteiger partial charge is 0.119 e. The number of rotatable bonds is 3. The summed E-state index contributed by atoms with van der Waals surface area (Å²) in [6, 6.07) is 8.06. The second-order valence-corrected chi connectivity index (χ2v) is 2.99. The Bertz CT molecular complexity index is 276. The van der Waals surface area contributed by atoms with Crippen molar-refractivity contribution in [3.05, 3.63) is 42.0 Å². The van der Waals surface area contributed by atoms with Gasteiger partial charge in [-0.15, -0.1) is 0 Å². The van der Waals surface area contributed by atoms with Gasteiger partial charge < -0.3 is 4.74 Å². The molecule has 0 atom stereocenters. The van der Waals surface area contributed by atoms with Gasteiger partial charge in [-0.1, -0.05) is 24.3 Å². The SMILES string of the molecule is C=C(C)Cc1cccc(OC)c1. The highest BCUT2D eigenvalue weighted by atomic mass is 16.5. The summed E-state index contributed by atoms with van der Waals surface area (Å²) in [6.07, 6.45) is 0.928. The van der Waals surface area contributed by atoms with Gasteiger partial charge in [0, 0.05) is 0 Å². The van der Waals surface area contributed by atoms with E-state index < -0.39 is 0 Å². The number of benzene rings is 1. The third-order valence-electron chi connectivity index (χ3n) is 1.64. The molecule has 1 rings (SSSR count). The minimum absolute atomic E-state index is 0.911. The third-order valence-corrected chi connectivity index (χ3v) is 1.64. The first-order valence-corrected chi connectivity index (χ1v) is 3.99. The molecule has 0 heterocycles. The van der Waals surface area contributed by atoms with Gasteiger partial charge in [0.05, 0.1) is 7.11 Å². The quantitative estimate of drug-likeness (QED) is 0.621. The average molecular weight is 162 g/mol. The molecule has 0 aliphatic carbocycles. The predicted molar refractivity (Wildman–Crippen MR) is 51.5 cm³/mol. The van der Waals surface area contributed by atoms with Crippen molar-refractivity contribution in [1.82, 2.24) is 0 Å². The van der Waals surface area contributed by atoms with E-state index in [0.29, 0.717) is 0 Å². The van der Waals surface area contributed by atoms with Crippen molar-refractivity contribution < 1.29 is 4.74 Å². The summed E-state index contributed by atoms with van der Waals surface area (Å²) < 4.78 is 5.11. The van der Waals surface area contributed by atoms with Crippen LogP contribution in [0, 0.1) is 0 Å². The molecule has 0 aliphatic rings. The van der Waals surface area contributed by atoms with Crippen LogP contribution in [0.3, 0.4) is 0 Å². The predicted octanol–water partition coefficient (Wildman–Crippen LogP) is 2.81. The van der Waals surface area contributed by atoms with E-state index in [0.717, 1.165) is 12.2 Å². The van der Waals surface area contributed by atoms with Crippen LogP contribution in [0.1, 0.15) is 12.5 Å². The highest BCUT2D eigenvalue weighted by Gasteiger charge is 1.94. The molecule has 0 amide bonds. The van der Waals surface area contributed by atoms with Gasteiger partial charge in [0.1, 0.15) is 5.75 Å². The summed E-state index contributed by atoms with van der Waals surface area (Å²) in [5.41, 5.74) is 2.42. The lowest BCUT2D eigenvalue weighted by molar-refractivity contribution is 0.414. The third kappa shape index (κ3) is 2.42. The Kier molecular flexibility index (Phi) is 2.92. The fraction of sp³-hybridized carbons (Fsp3) is 0.273. The molecular formula is C11H14O. The molecule has 0 bridgehead atoms. The van der Waals surface area contributed by atoms with E-state index >= 15 is 0 Å². The maximum atomic E-state index is 5.11. The zero-order valence-electron chi connectivity index (χ0n) is 7.63. The normalized spacial score (nSPS) is 9.50. The first kappa shape index (κ1) is 8.85. The number of ether oxygens (including phenoxy) is 1. The summed E-state index contributed by atoms with van der Waals surface area (Å²) in [7, 11) is 1.68. The lowest BCUT2D eigenvalue weighted by atomic mass is 10.1. The van der Waals surface area contributed by atoms with Gasteiger partial charge in [0.2, 0.25) is 0 Å². The second kappa shape index (κ2) is 3.96. The lowest BCUT2D eigenvalue weighted by Gasteiger charge is -2.03. The Morgan fingerprint density at radius 2 is 2.25 bits per heavy atom. The van der Waals surface area contributed by atoms with E-state index in [1.165, 1.54) is 11.1 Å². The fourth-order valence-electron chi connectivity index (χ4n) is 1.13. The van der Waals surface area contributed by atoms with Gasteiger partial charge in [-0.05, 0) is 31.0 Å².